The normalized spacial score (nSPS) is 54.1. The minimum atomic E-state index is -1.62. The summed E-state index contributed by atoms with van der Waals surface area (Å²) in [5.74, 6) is -0.797. The maximum atomic E-state index is 12.9. The van der Waals surface area contributed by atoms with Crippen LogP contribution in [0.25, 0.3) is 0 Å². The highest BCUT2D eigenvalue weighted by atomic mass is 16.7. The van der Waals surface area contributed by atoms with E-state index in [4.69, 9.17) is 9.47 Å². The highest BCUT2D eigenvalue weighted by Gasteiger charge is 2.67. The lowest BCUT2D eigenvalue weighted by molar-refractivity contribution is -0.338. The van der Waals surface area contributed by atoms with Crippen molar-refractivity contribution in [3.63, 3.8) is 0 Å². The second-order valence-electron chi connectivity index (χ2n) is 16.6. The first-order chi connectivity index (χ1) is 21.1. The number of ether oxygens (including phenoxy) is 2. The number of fused-ring (bicyclic) bond motifs is 7. The molecule has 11 nitrogen and oxygen atoms in total. The summed E-state index contributed by atoms with van der Waals surface area (Å²) >= 11 is 0. The molecule has 0 aromatic heterocycles. The van der Waals surface area contributed by atoms with E-state index in [1.807, 2.05) is 6.92 Å². The van der Waals surface area contributed by atoms with Crippen LogP contribution in [-0.4, -0.2) is 109 Å². The Kier molecular flexibility index (Phi) is 8.61. The van der Waals surface area contributed by atoms with Gasteiger partial charge >= 0.3 is 5.97 Å². The number of aliphatic hydroxyl groups excluding tert-OH is 7. The Morgan fingerprint density at radius 2 is 1.62 bits per heavy atom. The first kappa shape index (κ1) is 33.7. The van der Waals surface area contributed by atoms with Crippen LogP contribution in [0.1, 0.15) is 79.1 Å². The molecule has 8 N–H and O–H groups in total. The largest absolute Gasteiger partial charge is 0.481 e. The van der Waals surface area contributed by atoms with Gasteiger partial charge in [-0.3, -0.25) is 4.79 Å². The van der Waals surface area contributed by atoms with E-state index in [0.29, 0.717) is 19.3 Å². The first-order valence-electron chi connectivity index (χ1n) is 16.9. The van der Waals surface area contributed by atoms with Gasteiger partial charge < -0.3 is 50.3 Å². The average molecular weight is 639 g/mol. The average Bonchev–Trinajstić information content (AvgIpc) is 2.98. The standard InChI is InChI=1S/C34H54O11/c1-31(2)9-10-34(30(42)43)21(12-31)20-6-5-16-17-11-22(37)28(45-29-27(41)26(40)25(39)23(14-35)44-29)33(4,15-36)19(17)8-7-18(16)32(20,3)13-24(34)38/h6,16-19,21-29,35-41H,5,7-15H2,1-4H3,(H,42,43)/t16?,17?,18?,19?,21?,22-,23?,24+,25+,26+,27?,28-,29-,32-,33-,34+/m0/s1. The van der Waals surface area contributed by atoms with Crippen molar-refractivity contribution in [2.45, 2.75) is 128 Å². The molecule has 6 rings (SSSR count). The molecule has 0 aromatic rings. The first-order valence-corrected chi connectivity index (χ1v) is 16.9. The van der Waals surface area contributed by atoms with Gasteiger partial charge in [-0.1, -0.05) is 39.3 Å². The summed E-state index contributed by atoms with van der Waals surface area (Å²) < 4.78 is 11.8. The Labute approximate surface area is 265 Å². The van der Waals surface area contributed by atoms with Gasteiger partial charge in [-0.15, -0.1) is 0 Å². The van der Waals surface area contributed by atoms with Crippen molar-refractivity contribution in [1.29, 1.82) is 0 Å². The number of rotatable bonds is 5. The molecule has 4 saturated carbocycles. The van der Waals surface area contributed by atoms with Crippen molar-refractivity contribution >= 4 is 5.97 Å². The summed E-state index contributed by atoms with van der Waals surface area (Å²) in [7, 11) is 0. The lowest BCUT2D eigenvalue weighted by Gasteiger charge is -2.65. The fraction of sp³-hybridized carbons (Fsp3) is 0.912. The van der Waals surface area contributed by atoms with Gasteiger partial charge in [0.25, 0.3) is 0 Å². The number of carboxylic acid groups (broad SMARTS) is 1. The summed E-state index contributed by atoms with van der Waals surface area (Å²) in [6.07, 6.45) is -2.96. The van der Waals surface area contributed by atoms with Gasteiger partial charge in [-0.25, -0.2) is 0 Å². The molecule has 256 valence electrons. The van der Waals surface area contributed by atoms with Gasteiger partial charge in [-0.05, 0) is 91.8 Å². The molecule has 0 aromatic carbocycles. The molecule has 0 radical (unpaired) electrons. The lowest BCUT2D eigenvalue weighted by atomic mass is 9.40. The van der Waals surface area contributed by atoms with E-state index in [0.717, 1.165) is 32.1 Å². The lowest BCUT2D eigenvalue weighted by Crippen LogP contribution is -2.66. The number of carboxylic acids is 1. The van der Waals surface area contributed by atoms with E-state index in [1.165, 1.54) is 5.57 Å². The molecule has 1 aliphatic heterocycles. The molecule has 1 saturated heterocycles. The van der Waals surface area contributed by atoms with E-state index in [-0.39, 0.29) is 47.0 Å². The van der Waals surface area contributed by atoms with Crippen LogP contribution in [-0.2, 0) is 14.3 Å². The predicted octanol–water partition coefficient (Wildman–Crippen LogP) is 1.19. The summed E-state index contributed by atoms with van der Waals surface area (Å²) in [6.45, 7) is 7.58. The van der Waals surface area contributed by atoms with E-state index in [2.05, 4.69) is 26.8 Å². The summed E-state index contributed by atoms with van der Waals surface area (Å²) in [5.41, 5.74) is -1.31. The van der Waals surface area contributed by atoms with Gasteiger partial charge in [0.15, 0.2) is 6.29 Å². The third-order valence-corrected chi connectivity index (χ3v) is 13.9. The maximum Gasteiger partial charge on any atom is 0.312 e. The smallest absolute Gasteiger partial charge is 0.312 e. The second kappa shape index (κ2) is 11.5. The van der Waals surface area contributed by atoms with Crippen molar-refractivity contribution in [1.82, 2.24) is 0 Å². The van der Waals surface area contributed by atoms with Crippen molar-refractivity contribution < 1.29 is 55.1 Å². The van der Waals surface area contributed by atoms with Crippen LogP contribution in [0.15, 0.2) is 11.6 Å². The van der Waals surface area contributed by atoms with Crippen LogP contribution in [0.3, 0.4) is 0 Å². The molecule has 11 heteroatoms. The Morgan fingerprint density at radius 1 is 0.933 bits per heavy atom. The molecule has 6 aliphatic rings. The summed E-state index contributed by atoms with van der Waals surface area (Å²) in [5, 5.41) is 85.5. The zero-order valence-corrected chi connectivity index (χ0v) is 27.0. The van der Waals surface area contributed by atoms with Gasteiger partial charge in [0.05, 0.1) is 31.5 Å². The zero-order chi connectivity index (χ0) is 32.9. The van der Waals surface area contributed by atoms with Gasteiger partial charge in [-0.2, -0.15) is 0 Å². The second-order valence-corrected chi connectivity index (χ2v) is 16.6. The van der Waals surface area contributed by atoms with Crippen LogP contribution >= 0.6 is 0 Å². The van der Waals surface area contributed by atoms with Crippen LogP contribution in [0.2, 0.25) is 0 Å². The van der Waals surface area contributed by atoms with Crippen molar-refractivity contribution in [3.8, 4) is 0 Å². The third-order valence-electron chi connectivity index (χ3n) is 13.9. The molecular weight excluding hydrogens is 584 g/mol. The third kappa shape index (κ3) is 4.90. The number of aliphatic hydroxyl groups is 7. The molecule has 5 fully saturated rings. The molecular formula is C34H54O11. The minimum Gasteiger partial charge on any atom is -0.481 e. The number of hydrogen-bond acceptors (Lipinski definition) is 10. The zero-order valence-electron chi connectivity index (χ0n) is 27.0. The SMILES string of the molecule is CC1(C)CC[C@@]2(C(=O)O)C(C1)C1=CCC3C4C[C@H](O)[C@H](O[C@@H]5OC(CO)[C@@H](O)[C@@H](O)C5O)[C@@](C)(CO)C4CCC3[C@]1(C)C[C@H]2O. The predicted molar refractivity (Wildman–Crippen MR) is 160 cm³/mol. The van der Waals surface area contributed by atoms with Gasteiger partial charge in [0.2, 0.25) is 0 Å². The van der Waals surface area contributed by atoms with Gasteiger partial charge in [0, 0.05) is 5.41 Å². The molecule has 1 heterocycles. The fourth-order valence-corrected chi connectivity index (χ4v) is 11.3. The van der Waals surface area contributed by atoms with Crippen LogP contribution in [0, 0.1) is 51.2 Å². The maximum absolute atomic E-state index is 12.9. The summed E-state index contributed by atoms with van der Waals surface area (Å²) in [6, 6.07) is 0. The number of aliphatic carboxylic acids is 1. The summed E-state index contributed by atoms with van der Waals surface area (Å²) in [4.78, 5) is 12.9. The Bertz CT molecular complexity index is 1170. The quantitative estimate of drug-likeness (QED) is 0.159. The fourth-order valence-electron chi connectivity index (χ4n) is 11.3. The monoisotopic (exact) mass is 638 g/mol. The molecule has 5 aliphatic carbocycles. The topological polar surface area (TPSA) is 197 Å². The number of allylic oxidation sites excluding steroid dienone is 2. The van der Waals surface area contributed by atoms with Crippen molar-refractivity contribution in [2.75, 3.05) is 13.2 Å². The minimum absolute atomic E-state index is 0.0245. The van der Waals surface area contributed by atoms with E-state index >= 15 is 0 Å². The van der Waals surface area contributed by atoms with Crippen LogP contribution in [0.4, 0.5) is 0 Å². The van der Waals surface area contributed by atoms with Crippen molar-refractivity contribution in [3.05, 3.63) is 11.6 Å². The molecule has 0 amide bonds. The number of hydrogen-bond donors (Lipinski definition) is 8. The van der Waals surface area contributed by atoms with Crippen LogP contribution < -0.4 is 0 Å². The van der Waals surface area contributed by atoms with Crippen LogP contribution in [0.5, 0.6) is 0 Å². The molecule has 45 heavy (non-hydrogen) atoms. The Hall–Kier alpha value is -1.15. The van der Waals surface area contributed by atoms with E-state index in [1.54, 1.807) is 0 Å². The highest BCUT2D eigenvalue weighted by Crippen LogP contribution is 2.69. The molecule has 0 bridgehead atoms. The Morgan fingerprint density at radius 3 is 2.27 bits per heavy atom. The highest BCUT2D eigenvalue weighted by molar-refractivity contribution is 5.77. The number of carbonyl (C=O) groups is 1. The molecule has 7 unspecified atom stereocenters. The van der Waals surface area contributed by atoms with Crippen molar-refractivity contribution in [2.24, 2.45) is 51.2 Å². The molecule has 0 spiro atoms. The van der Waals surface area contributed by atoms with E-state index < -0.39 is 72.4 Å². The van der Waals surface area contributed by atoms with E-state index in [9.17, 15) is 45.6 Å². The molecule has 16 atom stereocenters. The Balaban J connectivity index is 1.29. The van der Waals surface area contributed by atoms with Gasteiger partial charge in [0.1, 0.15) is 29.8 Å².